The third-order valence-electron chi connectivity index (χ3n) is 5.22. The molecule has 4 nitrogen and oxygen atoms in total. The van der Waals surface area contributed by atoms with Crippen molar-refractivity contribution < 1.29 is 0 Å². The monoisotopic (exact) mass is 338 g/mol. The predicted molar refractivity (Wildman–Crippen MR) is 89.2 cm³/mol. The zero-order chi connectivity index (χ0) is 15.3. The van der Waals surface area contributed by atoms with E-state index in [1.807, 2.05) is 25.2 Å². The smallest absolute Gasteiger partial charge is 0.112 e. The molecule has 0 amide bonds. The van der Waals surface area contributed by atoms with Gasteiger partial charge in [-0.05, 0) is 38.8 Å². The summed E-state index contributed by atoms with van der Waals surface area (Å²) in [5, 5.41) is 8.50. The van der Waals surface area contributed by atoms with Gasteiger partial charge in [0.2, 0.25) is 0 Å². The molecular formula is C16H20Cl2N4. The lowest BCUT2D eigenvalue weighted by atomic mass is 9.84. The lowest BCUT2D eigenvalue weighted by Crippen LogP contribution is -2.48. The molecule has 3 aliphatic heterocycles. The van der Waals surface area contributed by atoms with Crippen LogP contribution in [0.1, 0.15) is 31.5 Å². The molecule has 3 atom stereocenters. The molecular weight excluding hydrogens is 319 g/mol. The molecule has 22 heavy (non-hydrogen) atoms. The summed E-state index contributed by atoms with van der Waals surface area (Å²) in [6.07, 6.45) is 10.5. The molecule has 1 aliphatic carbocycles. The van der Waals surface area contributed by atoms with E-state index in [1.54, 1.807) is 0 Å². The van der Waals surface area contributed by atoms with E-state index in [0.29, 0.717) is 6.04 Å². The summed E-state index contributed by atoms with van der Waals surface area (Å²) in [6.45, 7) is 5.48. The minimum Gasteiger partial charge on any atom is -0.301 e. The molecule has 118 valence electrons. The largest absolute Gasteiger partial charge is 0.301 e. The summed E-state index contributed by atoms with van der Waals surface area (Å²) >= 11 is 12.7. The van der Waals surface area contributed by atoms with Crippen LogP contribution in [0.2, 0.25) is 0 Å². The van der Waals surface area contributed by atoms with Crippen molar-refractivity contribution in [2.24, 2.45) is 5.92 Å². The molecule has 0 saturated carbocycles. The van der Waals surface area contributed by atoms with Gasteiger partial charge in [0.15, 0.2) is 0 Å². The van der Waals surface area contributed by atoms with Crippen molar-refractivity contribution in [2.45, 2.75) is 36.1 Å². The molecule has 6 heteroatoms. The van der Waals surface area contributed by atoms with E-state index in [0.717, 1.165) is 23.7 Å². The Kier molecular flexibility index (Phi) is 3.59. The molecule has 3 fully saturated rings. The molecule has 1 aromatic heterocycles. The van der Waals surface area contributed by atoms with Gasteiger partial charge in [-0.3, -0.25) is 0 Å². The Bertz CT molecular complexity index is 626. The van der Waals surface area contributed by atoms with Crippen LogP contribution >= 0.6 is 23.2 Å². The van der Waals surface area contributed by atoms with E-state index in [2.05, 4.69) is 26.1 Å². The lowest BCUT2D eigenvalue weighted by molar-refractivity contribution is 0.0504. The van der Waals surface area contributed by atoms with Crippen molar-refractivity contribution in [2.75, 3.05) is 19.6 Å². The highest BCUT2D eigenvalue weighted by atomic mass is 35.5. The lowest BCUT2D eigenvalue weighted by Gasteiger charge is -2.44. The summed E-state index contributed by atoms with van der Waals surface area (Å²) < 4.78 is 2.05. The molecule has 2 bridgehead atoms. The number of allylic oxidation sites excluding steroid dienone is 4. The maximum absolute atomic E-state index is 6.34. The summed E-state index contributed by atoms with van der Waals surface area (Å²) in [6, 6.07) is 0.460. The van der Waals surface area contributed by atoms with Gasteiger partial charge >= 0.3 is 0 Å². The Balaban J connectivity index is 1.57. The molecule has 3 saturated heterocycles. The van der Waals surface area contributed by atoms with Crippen molar-refractivity contribution in [3.63, 3.8) is 0 Å². The number of halogens is 2. The van der Waals surface area contributed by atoms with Crippen LogP contribution in [0.4, 0.5) is 0 Å². The van der Waals surface area contributed by atoms with Crippen LogP contribution in [0.25, 0.3) is 5.57 Å². The fraction of sp³-hybridized carbons (Fsp3) is 0.625. The maximum Gasteiger partial charge on any atom is 0.112 e. The molecule has 0 N–H and O–H groups in total. The number of hydrogen-bond donors (Lipinski definition) is 0. The van der Waals surface area contributed by atoms with Crippen LogP contribution in [0.5, 0.6) is 0 Å². The van der Waals surface area contributed by atoms with E-state index in [-0.39, 0.29) is 5.38 Å². The highest BCUT2D eigenvalue weighted by Crippen LogP contribution is 2.37. The number of hydrogen-bond acceptors (Lipinski definition) is 3. The van der Waals surface area contributed by atoms with E-state index in [1.165, 1.54) is 25.9 Å². The summed E-state index contributed by atoms with van der Waals surface area (Å²) in [4.78, 5) is 2.00. The van der Waals surface area contributed by atoms with Crippen LogP contribution in [-0.2, 0) is 0 Å². The van der Waals surface area contributed by atoms with Gasteiger partial charge in [-0.1, -0.05) is 23.4 Å². The van der Waals surface area contributed by atoms with E-state index < -0.39 is 4.87 Å². The minimum atomic E-state index is -0.531. The minimum absolute atomic E-state index is 0.240. The average molecular weight is 339 g/mol. The standard InChI is InChI=1S/C16H20Cl2N4/c1-16(18)5-2-12(8-15(16)17)13-9-22(20-19-13)14-10-21-6-3-11(14)4-7-21/h2,5,8-9,11,14-15H,3-4,6-7,10H2,1H3. The van der Waals surface area contributed by atoms with Crippen LogP contribution in [0.15, 0.2) is 24.4 Å². The first-order valence-electron chi connectivity index (χ1n) is 7.91. The van der Waals surface area contributed by atoms with Gasteiger partial charge in [0, 0.05) is 12.1 Å². The molecule has 0 aromatic carbocycles. The first kappa shape index (κ1) is 14.7. The van der Waals surface area contributed by atoms with Gasteiger partial charge in [-0.15, -0.1) is 28.3 Å². The molecule has 5 rings (SSSR count). The SMILES string of the molecule is CC1(Cl)C=CC(c2cn(C3CN4CCC3CC4)nn2)=CC1Cl. The number of alkyl halides is 2. The third-order valence-corrected chi connectivity index (χ3v) is 6.27. The van der Waals surface area contributed by atoms with E-state index in [9.17, 15) is 0 Å². The molecule has 1 aromatic rings. The predicted octanol–water partition coefficient (Wildman–Crippen LogP) is 3.10. The van der Waals surface area contributed by atoms with Gasteiger partial charge in [-0.2, -0.15) is 0 Å². The Morgan fingerprint density at radius 1 is 1.32 bits per heavy atom. The number of aromatic nitrogens is 3. The van der Waals surface area contributed by atoms with Gasteiger partial charge in [-0.25, -0.2) is 4.68 Å². The van der Waals surface area contributed by atoms with E-state index >= 15 is 0 Å². The zero-order valence-electron chi connectivity index (χ0n) is 12.6. The van der Waals surface area contributed by atoms with Crippen molar-refractivity contribution in [1.29, 1.82) is 0 Å². The highest BCUT2D eigenvalue weighted by molar-refractivity contribution is 6.34. The Hall–Kier alpha value is -0.840. The van der Waals surface area contributed by atoms with Crippen molar-refractivity contribution in [3.8, 4) is 0 Å². The van der Waals surface area contributed by atoms with E-state index in [4.69, 9.17) is 23.2 Å². The van der Waals surface area contributed by atoms with Crippen LogP contribution < -0.4 is 0 Å². The summed E-state index contributed by atoms with van der Waals surface area (Å²) in [7, 11) is 0. The first-order chi connectivity index (χ1) is 10.5. The second-order valence-electron chi connectivity index (χ2n) is 6.80. The van der Waals surface area contributed by atoms with Gasteiger partial charge in [0.25, 0.3) is 0 Å². The number of piperidine rings is 3. The normalized spacial score (nSPS) is 40.8. The van der Waals surface area contributed by atoms with Gasteiger partial charge in [0.05, 0.1) is 22.5 Å². The van der Waals surface area contributed by atoms with Crippen LogP contribution in [-0.4, -0.2) is 49.8 Å². The number of rotatable bonds is 2. The summed E-state index contributed by atoms with van der Waals surface area (Å²) in [5.74, 6) is 0.738. The Morgan fingerprint density at radius 2 is 2.09 bits per heavy atom. The third kappa shape index (κ3) is 2.51. The summed E-state index contributed by atoms with van der Waals surface area (Å²) in [5.41, 5.74) is 1.89. The maximum atomic E-state index is 6.34. The number of fused-ring (bicyclic) bond motifs is 3. The number of nitrogens with zero attached hydrogens (tertiary/aromatic N) is 4. The second-order valence-corrected chi connectivity index (χ2v) is 8.08. The topological polar surface area (TPSA) is 34.0 Å². The molecule has 0 radical (unpaired) electrons. The molecule has 4 heterocycles. The quantitative estimate of drug-likeness (QED) is 0.777. The first-order valence-corrected chi connectivity index (χ1v) is 8.73. The van der Waals surface area contributed by atoms with Crippen molar-refractivity contribution in [1.82, 2.24) is 19.9 Å². The molecule has 3 unspecified atom stereocenters. The van der Waals surface area contributed by atoms with Gasteiger partial charge < -0.3 is 4.90 Å². The zero-order valence-corrected chi connectivity index (χ0v) is 14.1. The Morgan fingerprint density at radius 3 is 2.73 bits per heavy atom. The molecule has 0 spiro atoms. The van der Waals surface area contributed by atoms with Crippen LogP contribution in [0.3, 0.4) is 0 Å². The Labute approximate surface area is 140 Å². The van der Waals surface area contributed by atoms with Crippen LogP contribution in [0, 0.1) is 5.92 Å². The van der Waals surface area contributed by atoms with Crippen molar-refractivity contribution >= 4 is 28.8 Å². The average Bonchev–Trinajstić information content (AvgIpc) is 3.01. The van der Waals surface area contributed by atoms with Crippen molar-refractivity contribution in [3.05, 3.63) is 30.1 Å². The fourth-order valence-electron chi connectivity index (χ4n) is 3.70. The van der Waals surface area contributed by atoms with Gasteiger partial charge in [0.1, 0.15) is 5.69 Å². The fourth-order valence-corrected chi connectivity index (χ4v) is 4.03. The highest BCUT2D eigenvalue weighted by Gasteiger charge is 2.36. The molecule has 4 aliphatic rings. The second kappa shape index (κ2) is 5.36.